The average molecular weight is 252 g/mol. The predicted octanol–water partition coefficient (Wildman–Crippen LogP) is 0.328. The molecule has 0 aromatic carbocycles. The minimum Gasteiger partial charge on any atom is -0.364 e. The van der Waals surface area contributed by atoms with Gasteiger partial charge in [-0.15, -0.1) is 0 Å². The number of sulfone groups is 1. The number of hydrogen-bond acceptors (Lipinski definition) is 5. The van der Waals surface area contributed by atoms with Crippen LogP contribution in [0.2, 0.25) is 0 Å². The highest BCUT2D eigenvalue weighted by Crippen LogP contribution is 2.19. The number of fused-ring (bicyclic) bond motifs is 1. The van der Waals surface area contributed by atoms with Crippen LogP contribution >= 0.6 is 0 Å². The van der Waals surface area contributed by atoms with Gasteiger partial charge in [-0.3, -0.25) is 0 Å². The first-order chi connectivity index (χ1) is 8.14. The molecular weight excluding hydrogens is 240 g/mol. The molecule has 0 amide bonds. The zero-order valence-corrected chi connectivity index (χ0v) is 9.89. The van der Waals surface area contributed by atoms with Gasteiger partial charge in [-0.1, -0.05) is 0 Å². The van der Waals surface area contributed by atoms with Crippen molar-refractivity contribution in [3.63, 3.8) is 0 Å². The van der Waals surface area contributed by atoms with E-state index in [1.54, 1.807) is 23.1 Å². The lowest BCUT2D eigenvalue weighted by Crippen LogP contribution is -2.21. The molecule has 0 radical (unpaired) electrons. The predicted molar refractivity (Wildman–Crippen MR) is 63.7 cm³/mol. The molecule has 1 N–H and O–H groups in total. The van der Waals surface area contributed by atoms with E-state index in [9.17, 15) is 8.42 Å². The monoisotopic (exact) mass is 252 g/mol. The van der Waals surface area contributed by atoms with Gasteiger partial charge in [0.2, 0.25) is 0 Å². The third-order valence-electron chi connectivity index (χ3n) is 2.90. The van der Waals surface area contributed by atoms with E-state index < -0.39 is 9.84 Å². The van der Waals surface area contributed by atoms with Gasteiger partial charge in [-0.05, 0) is 12.5 Å². The minimum absolute atomic E-state index is 0.0476. The van der Waals surface area contributed by atoms with Crippen LogP contribution in [0.5, 0.6) is 0 Å². The molecule has 2 aromatic heterocycles. The molecule has 3 heterocycles. The van der Waals surface area contributed by atoms with Gasteiger partial charge < -0.3 is 5.32 Å². The van der Waals surface area contributed by atoms with Crippen molar-refractivity contribution in [2.24, 2.45) is 0 Å². The highest BCUT2D eigenvalue weighted by molar-refractivity contribution is 7.91. The maximum atomic E-state index is 11.4. The van der Waals surface area contributed by atoms with E-state index in [0.717, 1.165) is 5.52 Å². The molecule has 1 aliphatic heterocycles. The first kappa shape index (κ1) is 10.5. The average Bonchev–Trinajstić information content (AvgIpc) is 2.85. The quantitative estimate of drug-likeness (QED) is 0.833. The molecule has 90 valence electrons. The van der Waals surface area contributed by atoms with Crippen molar-refractivity contribution in [3.05, 3.63) is 24.7 Å². The van der Waals surface area contributed by atoms with Crippen LogP contribution < -0.4 is 5.32 Å². The van der Waals surface area contributed by atoms with Gasteiger partial charge >= 0.3 is 0 Å². The molecule has 2 aromatic rings. The summed E-state index contributed by atoms with van der Waals surface area (Å²) in [5.41, 5.74) is 0.858. The maximum Gasteiger partial charge on any atom is 0.152 e. The molecule has 0 spiro atoms. The van der Waals surface area contributed by atoms with E-state index in [0.29, 0.717) is 12.2 Å². The Morgan fingerprint density at radius 2 is 2.29 bits per heavy atom. The largest absolute Gasteiger partial charge is 0.364 e. The van der Waals surface area contributed by atoms with E-state index in [1.807, 2.05) is 6.07 Å². The minimum atomic E-state index is -2.87. The molecule has 0 saturated carbocycles. The van der Waals surface area contributed by atoms with Gasteiger partial charge in [0.1, 0.15) is 5.52 Å². The Hall–Kier alpha value is -1.63. The zero-order chi connectivity index (χ0) is 11.9. The summed E-state index contributed by atoms with van der Waals surface area (Å²) < 4.78 is 24.4. The van der Waals surface area contributed by atoms with Gasteiger partial charge in [0.25, 0.3) is 0 Å². The summed E-state index contributed by atoms with van der Waals surface area (Å²) in [6.07, 6.45) is 5.73. The number of rotatable bonds is 2. The van der Waals surface area contributed by atoms with Gasteiger partial charge in [0.05, 0.1) is 17.7 Å². The van der Waals surface area contributed by atoms with E-state index >= 15 is 0 Å². The maximum absolute atomic E-state index is 11.4. The molecule has 1 aliphatic rings. The van der Waals surface area contributed by atoms with Crippen molar-refractivity contribution in [2.45, 2.75) is 12.5 Å². The Balaban J connectivity index is 1.88. The molecule has 1 fully saturated rings. The van der Waals surface area contributed by atoms with Crippen LogP contribution in [0.1, 0.15) is 6.42 Å². The van der Waals surface area contributed by atoms with Gasteiger partial charge in [-0.25, -0.2) is 17.9 Å². The molecule has 1 saturated heterocycles. The SMILES string of the molecule is O=S1(=O)CCC(Nc2nccn3nccc23)C1. The standard InChI is InChI=1S/C10H12N4O2S/c15-17(16)6-2-8(7-17)13-10-9-1-3-12-14(9)5-4-11-10/h1,3-5,8H,2,6-7H2,(H,11,13). The first-order valence-electron chi connectivity index (χ1n) is 5.39. The fourth-order valence-corrected chi connectivity index (χ4v) is 3.74. The Bertz CT molecular complexity index is 649. The molecule has 1 atom stereocenters. The molecule has 3 rings (SSSR count). The van der Waals surface area contributed by atoms with Crippen molar-refractivity contribution in [1.29, 1.82) is 0 Å². The van der Waals surface area contributed by atoms with Crippen LogP contribution in [-0.4, -0.2) is 40.6 Å². The van der Waals surface area contributed by atoms with Crippen molar-refractivity contribution < 1.29 is 8.42 Å². The lowest BCUT2D eigenvalue weighted by molar-refractivity contribution is 0.602. The van der Waals surface area contributed by atoms with Crippen LogP contribution in [-0.2, 0) is 9.84 Å². The molecule has 1 unspecified atom stereocenters. The summed E-state index contributed by atoms with van der Waals surface area (Å²) in [5.74, 6) is 1.13. The lowest BCUT2D eigenvalue weighted by atomic mass is 10.2. The second-order valence-electron chi connectivity index (χ2n) is 4.18. The fourth-order valence-electron chi connectivity index (χ4n) is 2.07. The van der Waals surface area contributed by atoms with E-state index in [4.69, 9.17) is 0 Å². The fraction of sp³-hybridized carbons (Fsp3) is 0.400. The summed E-state index contributed by atoms with van der Waals surface area (Å²) in [5, 5.41) is 7.28. The van der Waals surface area contributed by atoms with Crippen molar-refractivity contribution in [3.8, 4) is 0 Å². The summed E-state index contributed by atoms with van der Waals surface area (Å²) >= 11 is 0. The number of anilines is 1. The van der Waals surface area contributed by atoms with Crippen molar-refractivity contribution >= 4 is 21.2 Å². The smallest absolute Gasteiger partial charge is 0.152 e. The molecule has 17 heavy (non-hydrogen) atoms. The first-order valence-corrected chi connectivity index (χ1v) is 7.21. The third-order valence-corrected chi connectivity index (χ3v) is 4.67. The van der Waals surface area contributed by atoms with Crippen LogP contribution in [0.4, 0.5) is 5.82 Å². The van der Waals surface area contributed by atoms with Crippen LogP contribution in [0, 0.1) is 0 Å². The number of aromatic nitrogens is 3. The zero-order valence-electron chi connectivity index (χ0n) is 9.07. The number of nitrogens with one attached hydrogen (secondary N) is 1. The van der Waals surface area contributed by atoms with Crippen molar-refractivity contribution in [1.82, 2.24) is 14.6 Å². The van der Waals surface area contributed by atoms with E-state index in [1.165, 1.54) is 0 Å². The third kappa shape index (κ3) is 1.97. The van der Waals surface area contributed by atoms with Gasteiger partial charge in [-0.2, -0.15) is 5.10 Å². The summed E-state index contributed by atoms with van der Waals surface area (Å²) in [4.78, 5) is 4.22. The summed E-state index contributed by atoms with van der Waals surface area (Å²) in [6.45, 7) is 0. The second kappa shape index (κ2) is 3.69. The Kier molecular flexibility index (Phi) is 2.29. The molecular formula is C10H12N4O2S. The molecule has 0 aliphatic carbocycles. The van der Waals surface area contributed by atoms with E-state index in [2.05, 4.69) is 15.4 Å². The Morgan fingerprint density at radius 3 is 3.06 bits per heavy atom. The summed E-state index contributed by atoms with van der Waals surface area (Å²) in [6, 6.07) is 1.80. The van der Waals surface area contributed by atoms with Crippen LogP contribution in [0.15, 0.2) is 24.7 Å². The molecule has 6 nitrogen and oxygen atoms in total. The topological polar surface area (TPSA) is 76.4 Å². The number of hydrogen-bond donors (Lipinski definition) is 1. The van der Waals surface area contributed by atoms with E-state index in [-0.39, 0.29) is 17.5 Å². The number of nitrogens with zero attached hydrogens (tertiary/aromatic N) is 3. The lowest BCUT2D eigenvalue weighted by Gasteiger charge is -2.11. The molecule has 7 heteroatoms. The van der Waals surface area contributed by atoms with Crippen molar-refractivity contribution in [2.75, 3.05) is 16.8 Å². The van der Waals surface area contributed by atoms with Crippen LogP contribution in [0.3, 0.4) is 0 Å². The van der Waals surface area contributed by atoms with Crippen LogP contribution in [0.25, 0.3) is 5.52 Å². The highest BCUT2D eigenvalue weighted by atomic mass is 32.2. The Morgan fingerprint density at radius 1 is 1.41 bits per heavy atom. The Labute approximate surface area is 98.6 Å². The second-order valence-corrected chi connectivity index (χ2v) is 6.41. The van der Waals surface area contributed by atoms with Gasteiger partial charge in [0, 0.05) is 18.4 Å². The molecule has 0 bridgehead atoms. The highest BCUT2D eigenvalue weighted by Gasteiger charge is 2.28. The normalized spacial score (nSPS) is 22.9. The van der Waals surface area contributed by atoms with Gasteiger partial charge in [0.15, 0.2) is 15.7 Å². The summed E-state index contributed by atoms with van der Waals surface area (Å²) in [7, 11) is -2.87.